The molecule has 0 heterocycles. The van der Waals surface area contributed by atoms with E-state index < -0.39 is 0 Å². The maximum Gasteiger partial charge on any atom is 0.0589 e. The zero-order valence-electron chi connectivity index (χ0n) is 9.02. The molecule has 0 aromatic rings. The van der Waals surface area contributed by atoms with Crippen LogP contribution in [0, 0.1) is 11.3 Å². The highest BCUT2D eigenvalue weighted by atomic mass is 16.3. The largest absolute Gasteiger partial charge is 0.395 e. The van der Waals surface area contributed by atoms with Crippen LogP contribution in [0.1, 0.15) is 34.6 Å². The second kappa shape index (κ2) is 4.83. The molecule has 74 valence electrons. The molecule has 0 saturated heterocycles. The first-order valence-corrected chi connectivity index (χ1v) is 4.72. The van der Waals surface area contributed by atoms with Crippen molar-refractivity contribution in [3.63, 3.8) is 0 Å². The highest BCUT2D eigenvalue weighted by molar-refractivity contribution is 4.79. The smallest absolute Gasteiger partial charge is 0.0589 e. The van der Waals surface area contributed by atoms with E-state index in [9.17, 15) is 0 Å². The lowest BCUT2D eigenvalue weighted by Gasteiger charge is -2.30. The van der Waals surface area contributed by atoms with Crippen molar-refractivity contribution >= 4 is 0 Å². The van der Waals surface area contributed by atoms with Gasteiger partial charge in [-0.15, -0.1) is 0 Å². The van der Waals surface area contributed by atoms with E-state index in [-0.39, 0.29) is 18.1 Å². The summed E-state index contributed by atoms with van der Waals surface area (Å²) in [6, 6.07) is 0.208. The molecule has 0 saturated carbocycles. The third-order valence-electron chi connectivity index (χ3n) is 2.00. The van der Waals surface area contributed by atoms with Gasteiger partial charge in [0.25, 0.3) is 0 Å². The van der Waals surface area contributed by atoms with Gasteiger partial charge < -0.3 is 10.4 Å². The number of aliphatic hydroxyl groups excluding tert-OH is 1. The molecule has 12 heavy (non-hydrogen) atoms. The fraction of sp³-hybridized carbons (Fsp3) is 1.00. The van der Waals surface area contributed by atoms with Gasteiger partial charge in [0.1, 0.15) is 0 Å². The van der Waals surface area contributed by atoms with Crippen LogP contribution in [0.4, 0.5) is 0 Å². The molecule has 0 amide bonds. The minimum atomic E-state index is 0.143. The highest BCUT2D eigenvalue weighted by Gasteiger charge is 2.22. The van der Waals surface area contributed by atoms with Crippen LogP contribution in [0.25, 0.3) is 0 Å². The van der Waals surface area contributed by atoms with Crippen LogP contribution in [0.15, 0.2) is 0 Å². The molecule has 2 nitrogen and oxygen atoms in total. The van der Waals surface area contributed by atoms with Crippen LogP contribution < -0.4 is 5.32 Å². The monoisotopic (exact) mass is 173 g/mol. The Morgan fingerprint density at radius 1 is 1.25 bits per heavy atom. The van der Waals surface area contributed by atoms with Crippen LogP contribution in [-0.4, -0.2) is 24.3 Å². The number of nitrogens with one attached hydrogen (secondary N) is 1. The number of hydrogen-bond acceptors (Lipinski definition) is 2. The molecule has 2 N–H and O–H groups in total. The molecule has 1 atom stereocenters. The van der Waals surface area contributed by atoms with E-state index in [0.29, 0.717) is 5.92 Å². The molecule has 0 aliphatic heterocycles. The molecule has 2 heteroatoms. The summed E-state index contributed by atoms with van der Waals surface area (Å²) in [4.78, 5) is 0. The van der Waals surface area contributed by atoms with Gasteiger partial charge in [0, 0.05) is 6.04 Å². The lowest BCUT2D eigenvalue weighted by atomic mass is 9.87. The average molecular weight is 173 g/mol. The van der Waals surface area contributed by atoms with E-state index >= 15 is 0 Å². The zero-order chi connectivity index (χ0) is 9.78. The minimum Gasteiger partial charge on any atom is -0.395 e. The second-order valence-electron chi connectivity index (χ2n) is 4.90. The molecular formula is C10H23NO. The molecule has 0 bridgehead atoms. The molecule has 0 aromatic carbocycles. The molecular weight excluding hydrogens is 150 g/mol. The molecule has 0 aliphatic rings. The topological polar surface area (TPSA) is 32.3 Å². The van der Waals surface area contributed by atoms with Crippen molar-refractivity contribution in [1.29, 1.82) is 0 Å². The first kappa shape index (κ1) is 11.9. The zero-order valence-corrected chi connectivity index (χ0v) is 9.02. The lowest BCUT2D eigenvalue weighted by Crippen LogP contribution is -2.44. The van der Waals surface area contributed by atoms with Crippen LogP contribution >= 0.6 is 0 Å². The van der Waals surface area contributed by atoms with E-state index in [2.05, 4.69) is 39.9 Å². The van der Waals surface area contributed by atoms with Gasteiger partial charge in [-0.05, 0) is 17.9 Å². The second-order valence-corrected chi connectivity index (χ2v) is 4.90. The predicted molar refractivity (Wildman–Crippen MR) is 53.2 cm³/mol. The Hall–Kier alpha value is -0.0800. The van der Waals surface area contributed by atoms with Gasteiger partial charge in [0.15, 0.2) is 0 Å². The van der Waals surface area contributed by atoms with Crippen LogP contribution in [-0.2, 0) is 0 Å². The van der Waals surface area contributed by atoms with Crippen LogP contribution in [0.5, 0.6) is 0 Å². The van der Waals surface area contributed by atoms with Gasteiger partial charge in [0.2, 0.25) is 0 Å². The van der Waals surface area contributed by atoms with E-state index in [1.807, 2.05) is 0 Å². The fourth-order valence-electron chi connectivity index (χ4n) is 1.02. The normalized spacial score (nSPS) is 15.2. The van der Waals surface area contributed by atoms with Gasteiger partial charge in [0.05, 0.1) is 6.61 Å². The Labute approximate surface area is 76.4 Å². The summed E-state index contributed by atoms with van der Waals surface area (Å²) in [5.74, 6) is 0.640. The standard InChI is InChI=1S/C10H23NO/c1-8(2)6-11-9(7-12)10(3,4)5/h8-9,11-12H,6-7H2,1-5H3. The molecule has 0 spiro atoms. The summed E-state index contributed by atoms with van der Waals surface area (Å²) in [5, 5.41) is 12.5. The van der Waals surface area contributed by atoms with Gasteiger partial charge >= 0.3 is 0 Å². The summed E-state index contributed by atoms with van der Waals surface area (Å²) >= 11 is 0. The van der Waals surface area contributed by atoms with Crippen molar-refractivity contribution in [1.82, 2.24) is 5.32 Å². The summed E-state index contributed by atoms with van der Waals surface area (Å²) in [5.41, 5.74) is 0.143. The van der Waals surface area contributed by atoms with E-state index in [4.69, 9.17) is 5.11 Å². The Balaban J connectivity index is 3.84. The first-order chi connectivity index (χ1) is 5.38. The molecule has 0 radical (unpaired) electrons. The molecule has 1 unspecified atom stereocenters. The first-order valence-electron chi connectivity index (χ1n) is 4.72. The van der Waals surface area contributed by atoms with Crippen molar-refractivity contribution in [3.05, 3.63) is 0 Å². The lowest BCUT2D eigenvalue weighted by molar-refractivity contribution is 0.156. The van der Waals surface area contributed by atoms with Crippen molar-refractivity contribution < 1.29 is 5.11 Å². The summed E-state index contributed by atoms with van der Waals surface area (Å²) in [7, 11) is 0. The third-order valence-corrected chi connectivity index (χ3v) is 2.00. The predicted octanol–water partition coefficient (Wildman–Crippen LogP) is 1.64. The quantitative estimate of drug-likeness (QED) is 0.677. The Morgan fingerprint density at radius 2 is 1.75 bits per heavy atom. The molecule has 0 rings (SSSR count). The van der Waals surface area contributed by atoms with Crippen molar-refractivity contribution in [2.24, 2.45) is 11.3 Å². The SMILES string of the molecule is CC(C)CNC(CO)C(C)(C)C. The highest BCUT2D eigenvalue weighted by Crippen LogP contribution is 2.18. The van der Waals surface area contributed by atoms with Gasteiger partial charge in [-0.2, -0.15) is 0 Å². The maximum absolute atomic E-state index is 9.11. The fourth-order valence-corrected chi connectivity index (χ4v) is 1.02. The van der Waals surface area contributed by atoms with Crippen molar-refractivity contribution in [3.8, 4) is 0 Å². The number of rotatable bonds is 4. The number of aliphatic hydroxyl groups is 1. The van der Waals surface area contributed by atoms with Gasteiger partial charge in [-0.3, -0.25) is 0 Å². The summed E-state index contributed by atoms with van der Waals surface area (Å²) in [6.07, 6.45) is 0. The van der Waals surface area contributed by atoms with Crippen LogP contribution in [0.3, 0.4) is 0 Å². The van der Waals surface area contributed by atoms with Gasteiger partial charge in [-0.1, -0.05) is 34.6 Å². The van der Waals surface area contributed by atoms with E-state index in [1.165, 1.54) is 0 Å². The van der Waals surface area contributed by atoms with Crippen molar-refractivity contribution in [2.45, 2.75) is 40.7 Å². The Bertz CT molecular complexity index is 115. The molecule has 0 fully saturated rings. The Kier molecular flexibility index (Phi) is 4.80. The van der Waals surface area contributed by atoms with E-state index in [1.54, 1.807) is 0 Å². The number of hydrogen-bond donors (Lipinski definition) is 2. The van der Waals surface area contributed by atoms with Crippen molar-refractivity contribution in [2.75, 3.05) is 13.2 Å². The molecule has 0 aromatic heterocycles. The van der Waals surface area contributed by atoms with Crippen LogP contribution in [0.2, 0.25) is 0 Å². The molecule has 0 aliphatic carbocycles. The average Bonchev–Trinajstić information content (AvgIpc) is 1.85. The third kappa shape index (κ3) is 4.73. The summed E-state index contributed by atoms with van der Waals surface area (Å²) in [6.45, 7) is 12.0. The minimum absolute atomic E-state index is 0.143. The van der Waals surface area contributed by atoms with Gasteiger partial charge in [-0.25, -0.2) is 0 Å². The summed E-state index contributed by atoms with van der Waals surface area (Å²) < 4.78 is 0. The Morgan fingerprint density at radius 3 is 2.00 bits per heavy atom. The van der Waals surface area contributed by atoms with E-state index in [0.717, 1.165) is 6.54 Å². The maximum atomic E-state index is 9.11.